The van der Waals surface area contributed by atoms with Crippen molar-refractivity contribution in [3.8, 4) is 0 Å². The first-order chi connectivity index (χ1) is 5.76. The Kier molecular flexibility index (Phi) is 6.76. The highest BCUT2D eigenvalue weighted by molar-refractivity contribution is 5.75. The number of nitrogens with two attached hydrogens (primary N) is 1. The Bertz CT molecular complexity index is 126. The molecule has 0 unspecified atom stereocenters. The number of unbranched alkanes of at least 4 members (excludes halogenated alkanes) is 1. The number of rotatable bonds is 6. The van der Waals surface area contributed by atoms with Crippen LogP contribution < -0.4 is 5.73 Å². The summed E-state index contributed by atoms with van der Waals surface area (Å²) in [6, 6.07) is 0. The van der Waals surface area contributed by atoms with Gasteiger partial charge in [0.2, 0.25) is 5.91 Å². The lowest BCUT2D eigenvalue weighted by Gasteiger charge is -2.20. The second kappa shape index (κ2) is 7.10. The summed E-state index contributed by atoms with van der Waals surface area (Å²) in [7, 11) is 0. The Morgan fingerprint density at radius 2 is 2.00 bits per heavy atom. The molecule has 3 heteroatoms. The number of hydrogen-bond donors (Lipinski definition) is 1. The van der Waals surface area contributed by atoms with Crippen LogP contribution in [-0.2, 0) is 4.79 Å². The molecule has 3 nitrogen and oxygen atoms in total. The minimum Gasteiger partial charge on any atom is -0.341 e. The van der Waals surface area contributed by atoms with Gasteiger partial charge in [0.25, 0.3) is 0 Å². The zero-order chi connectivity index (χ0) is 9.40. The second-order valence-electron chi connectivity index (χ2n) is 2.88. The molecule has 0 aromatic rings. The van der Waals surface area contributed by atoms with E-state index in [9.17, 15) is 4.79 Å². The van der Waals surface area contributed by atoms with Crippen molar-refractivity contribution < 1.29 is 4.79 Å². The lowest BCUT2D eigenvalue weighted by Crippen LogP contribution is -2.35. The van der Waals surface area contributed by atoms with Gasteiger partial charge in [-0.2, -0.15) is 0 Å². The summed E-state index contributed by atoms with van der Waals surface area (Å²) in [6.45, 7) is 6.14. The monoisotopic (exact) mass is 172 g/mol. The molecule has 0 atom stereocenters. The van der Waals surface area contributed by atoms with E-state index in [1.165, 1.54) is 0 Å². The first kappa shape index (κ1) is 11.4. The Balaban J connectivity index is 3.76. The predicted octanol–water partition coefficient (Wildman–Crippen LogP) is 0.984. The number of hydrogen-bond acceptors (Lipinski definition) is 2. The van der Waals surface area contributed by atoms with Gasteiger partial charge in [-0.3, -0.25) is 4.79 Å². The maximum absolute atomic E-state index is 11.3. The lowest BCUT2D eigenvalue weighted by atomic mass is 10.3. The third-order valence-electron chi connectivity index (χ3n) is 1.84. The molecule has 1 amide bonds. The van der Waals surface area contributed by atoms with Crippen molar-refractivity contribution in [1.82, 2.24) is 4.90 Å². The predicted molar refractivity (Wildman–Crippen MR) is 50.8 cm³/mol. The van der Waals surface area contributed by atoms with Gasteiger partial charge in [0.15, 0.2) is 0 Å². The second-order valence-corrected chi connectivity index (χ2v) is 2.88. The van der Waals surface area contributed by atoms with Crippen molar-refractivity contribution >= 4 is 5.91 Å². The van der Waals surface area contributed by atoms with E-state index < -0.39 is 0 Å². The fourth-order valence-corrected chi connectivity index (χ4v) is 1.09. The van der Waals surface area contributed by atoms with Crippen LogP contribution in [0.4, 0.5) is 0 Å². The van der Waals surface area contributed by atoms with Gasteiger partial charge in [0.05, 0.1) is 0 Å². The van der Waals surface area contributed by atoms with Crippen molar-refractivity contribution in [2.45, 2.75) is 33.1 Å². The minimum absolute atomic E-state index is 0.217. The van der Waals surface area contributed by atoms with Crippen LogP contribution in [0.3, 0.4) is 0 Å². The summed E-state index contributed by atoms with van der Waals surface area (Å²) in [4.78, 5) is 13.1. The first-order valence-corrected chi connectivity index (χ1v) is 4.74. The van der Waals surface area contributed by atoms with Crippen LogP contribution in [0.15, 0.2) is 0 Å². The number of carbonyl (C=O) groups excluding carboxylic acids is 1. The third kappa shape index (κ3) is 4.34. The summed E-state index contributed by atoms with van der Waals surface area (Å²) in [6.07, 6.45) is 2.79. The highest BCUT2D eigenvalue weighted by Gasteiger charge is 2.08. The summed E-state index contributed by atoms with van der Waals surface area (Å²) < 4.78 is 0. The molecule has 0 aliphatic heterocycles. The van der Waals surface area contributed by atoms with Gasteiger partial charge in [0.1, 0.15) is 0 Å². The SMILES string of the molecule is CCCCN(CCN)C(=O)CC. The summed E-state index contributed by atoms with van der Waals surface area (Å²) in [5, 5.41) is 0. The van der Waals surface area contributed by atoms with E-state index in [1.54, 1.807) is 0 Å². The van der Waals surface area contributed by atoms with Gasteiger partial charge >= 0.3 is 0 Å². The number of carbonyl (C=O) groups is 1. The topological polar surface area (TPSA) is 46.3 Å². The van der Waals surface area contributed by atoms with Gasteiger partial charge in [0, 0.05) is 26.1 Å². The minimum atomic E-state index is 0.217. The van der Waals surface area contributed by atoms with Crippen LogP contribution in [0.25, 0.3) is 0 Å². The quantitative estimate of drug-likeness (QED) is 0.649. The lowest BCUT2D eigenvalue weighted by molar-refractivity contribution is -0.130. The van der Waals surface area contributed by atoms with Crippen LogP contribution in [-0.4, -0.2) is 30.4 Å². The maximum atomic E-state index is 11.3. The van der Waals surface area contributed by atoms with Crippen molar-refractivity contribution in [2.75, 3.05) is 19.6 Å². The Labute approximate surface area is 74.9 Å². The Hall–Kier alpha value is -0.570. The highest BCUT2D eigenvalue weighted by atomic mass is 16.2. The zero-order valence-corrected chi connectivity index (χ0v) is 8.18. The smallest absolute Gasteiger partial charge is 0.222 e. The van der Waals surface area contributed by atoms with Crippen LogP contribution in [0.2, 0.25) is 0 Å². The summed E-state index contributed by atoms with van der Waals surface area (Å²) in [5.74, 6) is 0.217. The molecule has 72 valence electrons. The van der Waals surface area contributed by atoms with Crippen molar-refractivity contribution in [3.05, 3.63) is 0 Å². The van der Waals surface area contributed by atoms with E-state index in [-0.39, 0.29) is 5.91 Å². The molecule has 12 heavy (non-hydrogen) atoms. The van der Waals surface area contributed by atoms with E-state index >= 15 is 0 Å². The molecule has 0 heterocycles. The number of nitrogens with zero attached hydrogens (tertiary/aromatic N) is 1. The molecule has 0 spiro atoms. The van der Waals surface area contributed by atoms with Crippen LogP contribution in [0.5, 0.6) is 0 Å². The molecule has 0 aromatic heterocycles. The molecular weight excluding hydrogens is 152 g/mol. The average Bonchev–Trinajstić information content (AvgIpc) is 2.11. The molecule has 0 rings (SSSR count). The molecule has 0 aliphatic rings. The normalized spacial score (nSPS) is 9.92. The molecule has 0 aliphatic carbocycles. The van der Waals surface area contributed by atoms with E-state index in [2.05, 4.69) is 6.92 Å². The Morgan fingerprint density at radius 3 is 2.42 bits per heavy atom. The van der Waals surface area contributed by atoms with E-state index in [1.807, 2.05) is 11.8 Å². The molecule has 0 fully saturated rings. The fourth-order valence-electron chi connectivity index (χ4n) is 1.09. The van der Waals surface area contributed by atoms with Crippen molar-refractivity contribution in [1.29, 1.82) is 0 Å². The molecule has 2 N–H and O–H groups in total. The van der Waals surface area contributed by atoms with E-state index in [0.29, 0.717) is 19.5 Å². The molecular formula is C9H20N2O. The summed E-state index contributed by atoms with van der Waals surface area (Å²) >= 11 is 0. The van der Waals surface area contributed by atoms with Gasteiger partial charge in [-0.1, -0.05) is 20.3 Å². The highest BCUT2D eigenvalue weighted by Crippen LogP contribution is 1.97. The Morgan fingerprint density at radius 1 is 1.33 bits per heavy atom. The van der Waals surface area contributed by atoms with Crippen LogP contribution in [0.1, 0.15) is 33.1 Å². The largest absolute Gasteiger partial charge is 0.341 e. The first-order valence-electron chi connectivity index (χ1n) is 4.74. The van der Waals surface area contributed by atoms with E-state index in [4.69, 9.17) is 5.73 Å². The van der Waals surface area contributed by atoms with Gasteiger partial charge in [-0.25, -0.2) is 0 Å². The zero-order valence-electron chi connectivity index (χ0n) is 8.18. The van der Waals surface area contributed by atoms with Crippen molar-refractivity contribution in [2.24, 2.45) is 5.73 Å². The molecule has 0 aromatic carbocycles. The maximum Gasteiger partial charge on any atom is 0.222 e. The molecule has 0 radical (unpaired) electrons. The molecule has 0 saturated carbocycles. The van der Waals surface area contributed by atoms with E-state index in [0.717, 1.165) is 19.4 Å². The van der Waals surface area contributed by atoms with Gasteiger partial charge in [-0.05, 0) is 6.42 Å². The number of amides is 1. The third-order valence-corrected chi connectivity index (χ3v) is 1.84. The van der Waals surface area contributed by atoms with Gasteiger partial charge < -0.3 is 10.6 Å². The molecule has 0 bridgehead atoms. The summed E-state index contributed by atoms with van der Waals surface area (Å²) in [5.41, 5.74) is 5.40. The van der Waals surface area contributed by atoms with Crippen LogP contribution >= 0.6 is 0 Å². The fraction of sp³-hybridized carbons (Fsp3) is 0.889. The van der Waals surface area contributed by atoms with Crippen molar-refractivity contribution in [3.63, 3.8) is 0 Å². The average molecular weight is 172 g/mol. The van der Waals surface area contributed by atoms with Gasteiger partial charge in [-0.15, -0.1) is 0 Å². The van der Waals surface area contributed by atoms with Crippen LogP contribution in [0, 0.1) is 0 Å². The molecule has 0 saturated heterocycles. The standard InChI is InChI=1S/C9H20N2O/c1-3-5-7-11(8-6-10)9(12)4-2/h3-8,10H2,1-2H3.